The van der Waals surface area contributed by atoms with E-state index in [-0.39, 0.29) is 0 Å². The van der Waals surface area contributed by atoms with E-state index in [1.54, 1.807) is 0 Å². The van der Waals surface area contributed by atoms with Gasteiger partial charge in [0.25, 0.3) is 0 Å². The van der Waals surface area contributed by atoms with E-state index in [0.29, 0.717) is 6.04 Å². The molecule has 1 aliphatic carbocycles. The average molecular weight is 226 g/mol. The zero-order valence-electron chi connectivity index (χ0n) is 10.5. The van der Waals surface area contributed by atoms with Crippen LogP contribution in [0, 0.1) is 13.8 Å². The third-order valence-electron chi connectivity index (χ3n) is 3.82. The molecule has 1 aromatic heterocycles. The second kappa shape index (κ2) is 4.02. The molecule has 2 nitrogen and oxygen atoms in total. The quantitative estimate of drug-likeness (QED) is 0.728. The van der Waals surface area contributed by atoms with Crippen molar-refractivity contribution in [2.24, 2.45) is 0 Å². The first-order valence-corrected chi connectivity index (χ1v) is 6.35. The molecule has 88 valence electrons. The van der Waals surface area contributed by atoms with Crippen molar-refractivity contribution in [2.75, 3.05) is 0 Å². The van der Waals surface area contributed by atoms with Crippen LogP contribution in [-0.2, 0) is 6.42 Å². The van der Waals surface area contributed by atoms with Crippen LogP contribution in [0.15, 0.2) is 30.5 Å². The summed E-state index contributed by atoms with van der Waals surface area (Å²) in [6.45, 7) is 4.25. The minimum atomic E-state index is 0.488. The van der Waals surface area contributed by atoms with Crippen molar-refractivity contribution in [2.45, 2.75) is 39.2 Å². The molecular formula is C15H18N2. The number of hydrogen-bond acceptors (Lipinski definition) is 1. The molecule has 2 heteroatoms. The van der Waals surface area contributed by atoms with Gasteiger partial charge in [-0.05, 0) is 44.2 Å². The number of hydrogen-bond donors (Lipinski definition) is 0. The summed E-state index contributed by atoms with van der Waals surface area (Å²) < 4.78 is 2.39. The summed E-state index contributed by atoms with van der Waals surface area (Å²) in [6.07, 6.45) is 5.71. The smallest absolute Gasteiger partial charge is 0.106 e. The van der Waals surface area contributed by atoms with Crippen LogP contribution in [0.25, 0.3) is 0 Å². The van der Waals surface area contributed by atoms with E-state index in [1.807, 2.05) is 6.20 Å². The van der Waals surface area contributed by atoms with E-state index >= 15 is 0 Å². The van der Waals surface area contributed by atoms with E-state index in [0.717, 1.165) is 5.82 Å². The first kappa shape index (κ1) is 10.6. The predicted octanol–water partition coefficient (Wildman–Crippen LogP) is 3.43. The van der Waals surface area contributed by atoms with Crippen molar-refractivity contribution in [3.63, 3.8) is 0 Å². The van der Waals surface area contributed by atoms with Crippen molar-refractivity contribution in [1.82, 2.24) is 9.55 Å². The lowest BCUT2D eigenvalue weighted by molar-refractivity contribution is 0.474. The van der Waals surface area contributed by atoms with Crippen LogP contribution in [0.1, 0.15) is 41.5 Å². The summed E-state index contributed by atoms with van der Waals surface area (Å²) in [5, 5.41) is 0. The Kier molecular flexibility index (Phi) is 2.50. The molecule has 0 saturated carbocycles. The SMILES string of the molecule is Cc1cnc(C)n1C1CCCc2ccccc21. The van der Waals surface area contributed by atoms with E-state index in [9.17, 15) is 0 Å². The van der Waals surface area contributed by atoms with Gasteiger partial charge in [-0.15, -0.1) is 0 Å². The highest BCUT2D eigenvalue weighted by molar-refractivity contribution is 5.33. The Morgan fingerprint density at radius 2 is 2.06 bits per heavy atom. The van der Waals surface area contributed by atoms with E-state index in [1.165, 1.54) is 36.1 Å². The minimum absolute atomic E-state index is 0.488. The summed E-state index contributed by atoms with van der Waals surface area (Å²) in [4.78, 5) is 4.43. The van der Waals surface area contributed by atoms with Gasteiger partial charge < -0.3 is 4.57 Å². The van der Waals surface area contributed by atoms with Crippen molar-refractivity contribution in [1.29, 1.82) is 0 Å². The van der Waals surface area contributed by atoms with Crippen LogP contribution >= 0.6 is 0 Å². The molecular weight excluding hydrogens is 208 g/mol. The Bertz CT molecular complexity index is 520. The van der Waals surface area contributed by atoms with Crippen molar-refractivity contribution in [3.8, 4) is 0 Å². The maximum absolute atomic E-state index is 4.43. The topological polar surface area (TPSA) is 17.8 Å². The highest BCUT2D eigenvalue weighted by Gasteiger charge is 2.23. The summed E-state index contributed by atoms with van der Waals surface area (Å²) in [7, 11) is 0. The third-order valence-corrected chi connectivity index (χ3v) is 3.82. The molecule has 1 unspecified atom stereocenters. The molecule has 1 heterocycles. The Labute approximate surface area is 102 Å². The highest BCUT2D eigenvalue weighted by Crippen LogP contribution is 2.34. The standard InChI is InChI=1S/C15H18N2/c1-11-10-16-12(2)17(11)15-9-5-7-13-6-3-4-8-14(13)15/h3-4,6,8,10,15H,5,7,9H2,1-2H3. The maximum Gasteiger partial charge on any atom is 0.106 e. The fraction of sp³-hybridized carbons (Fsp3) is 0.400. The molecule has 17 heavy (non-hydrogen) atoms. The van der Waals surface area contributed by atoms with Crippen LogP contribution in [0.3, 0.4) is 0 Å². The zero-order chi connectivity index (χ0) is 11.8. The summed E-state index contributed by atoms with van der Waals surface area (Å²) in [5.41, 5.74) is 4.27. The number of imidazole rings is 1. The molecule has 0 saturated heterocycles. The monoisotopic (exact) mass is 226 g/mol. The molecule has 0 spiro atoms. The maximum atomic E-state index is 4.43. The first-order valence-electron chi connectivity index (χ1n) is 6.35. The zero-order valence-corrected chi connectivity index (χ0v) is 10.5. The summed E-state index contributed by atoms with van der Waals surface area (Å²) in [6, 6.07) is 9.33. The lowest BCUT2D eigenvalue weighted by Crippen LogP contribution is -2.19. The number of aromatic nitrogens is 2. The molecule has 1 aliphatic rings. The number of fused-ring (bicyclic) bond motifs is 1. The molecule has 0 amide bonds. The van der Waals surface area contributed by atoms with Gasteiger partial charge in [0.05, 0.1) is 6.04 Å². The predicted molar refractivity (Wildman–Crippen MR) is 69.2 cm³/mol. The molecule has 2 aromatic rings. The molecule has 0 N–H and O–H groups in total. The molecule has 0 radical (unpaired) electrons. The van der Waals surface area contributed by atoms with Gasteiger partial charge in [0.1, 0.15) is 5.82 Å². The van der Waals surface area contributed by atoms with Gasteiger partial charge in [0, 0.05) is 11.9 Å². The van der Waals surface area contributed by atoms with Crippen LogP contribution in [0.2, 0.25) is 0 Å². The van der Waals surface area contributed by atoms with Gasteiger partial charge in [-0.25, -0.2) is 4.98 Å². The fourth-order valence-electron chi connectivity index (χ4n) is 3.03. The highest BCUT2D eigenvalue weighted by atomic mass is 15.1. The Hall–Kier alpha value is -1.57. The average Bonchev–Trinajstić information content (AvgIpc) is 2.69. The van der Waals surface area contributed by atoms with E-state index < -0.39 is 0 Å². The second-order valence-corrected chi connectivity index (χ2v) is 4.92. The van der Waals surface area contributed by atoms with Crippen molar-refractivity contribution in [3.05, 3.63) is 53.1 Å². The molecule has 0 bridgehead atoms. The second-order valence-electron chi connectivity index (χ2n) is 4.92. The molecule has 0 aliphatic heterocycles. The largest absolute Gasteiger partial charge is 0.325 e. The van der Waals surface area contributed by atoms with Gasteiger partial charge in [-0.2, -0.15) is 0 Å². The fourth-order valence-corrected chi connectivity index (χ4v) is 3.03. The van der Waals surface area contributed by atoms with Crippen LogP contribution in [0.4, 0.5) is 0 Å². The molecule has 1 atom stereocenters. The molecule has 1 aromatic carbocycles. The van der Waals surface area contributed by atoms with Gasteiger partial charge in [-0.1, -0.05) is 24.3 Å². The number of benzene rings is 1. The van der Waals surface area contributed by atoms with Gasteiger partial charge >= 0.3 is 0 Å². The van der Waals surface area contributed by atoms with Crippen molar-refractivity contribution >= 4 is 0 Å². The van der Waals surface area contributed by atoms with E-state index in [2.05, 4.69) is 47.7 Å². The number of rotatable bonds is 1. The van der Waals surface area contributed by atoms with Gasteiger partial charge in [0.15, 0.2) is 0 Å². The van der Waals surface area contributed by atoms with Crippen molar-refractivity contribution < 1.29 is 0 Å². The first-order chi connectivity index (χ1) is 8.27. The Balaban J connectivity index is 2.12. The van der Waals surface area contributed by atoms with Gasteiger partial charge in [-0.3, -0.25) is 0 Å². The van der Waals surface area contributed by atoms with Crippen LogP contribution in [0.5, 0.6) is 0 Å². The number of aryl methyl sites for hydroxylation is 3. The lowest BCUT2D eigenvalue weighted by atomic mass is 9.87. The lowest BCUT2D eigenvalue weighted by Gasteiger charge is -2.28. The molecule has 0 fully saturated rings. The third kappa shape index (κ3) is 1.68. The van der Waals surface area contributed by atoms with E-state index in [4.69, 9.17) is 0 Å². The van der Waals surface area contributed by atoms with Crippen LogP contribution < -0.4 is 0 Å². The summed E-state index contributed by atoms with van der Waals surface area (Å²) in [5.74, 6) is 1.13. The number of nitrogens with zero attached hydrogens (tertiary/aromatic N) is 2. The summed E-state index contributed by atoms with van der Waals surface area (Å²) >= 11 is 0. The Morgan fingerprint density at radius 3 is 2.82 bits per heavy atom. The normalized spacial score (nSPS) is 19.1. The minimum Gasteiger partial charge on any atom is -0.325 e. The van der Waals surface area contributed by atoms with Crippen LogP contribution in [-0.4, -0.2) is 9.55 Å². The van der Waals surface area contributed by atoms with Gasteiger partial charge in [0.2, 0.25) is 0 Å². The molecule has 3 rings (SSSR count). The Morgan fingerprint density at radius 1 is 1.24 bits per heavy atom.